The van der Waals surface area contributed by atoms with Gasteiger partial charge in [0, 0.05) is 35.4 Å². The summed E-state index contributed by atoms with van der Waals surface area (Å²) in [5, 5.41) is 0. The van der Waals surface area contributed by atoms with E-state index in [2.05, 4.69) is 33.0 Å². The van der Waals surface area contributed by atoms with Gasteiger partial charge in [0.05, 0.1) is 7.11 Å². The van der Waals surface area contributed by atoms with E-state index in [4.69, 9.17) is 10.5 Å². The van der Waals surface area contributed by atoms with Crippen molar-refractivity contribution in [1.82, 2.24) is 0 Å². The fourth-order valence-electron chi connectivity index (χ4n) is 2.09. The fourth-order valence-corrected chi connectivity index (χ4v) is 2.55. The first-order chi connectivity index (χ1) is 7.69. The second-order valence-corrected chi connectivity index (χ2v) is 5.11. The number of piperidine rings is 1. The normalized spacial score (nSPS) is 20.9. The maximum atomic E-state index is 5.99. The minimum Gasteiger partial charge on any atom is -0.497 e. The molecule has 16 heavy (non-hydrogen) atoms. The van der Waals surface area contributed by atoms with Crippen molar-refractivity contribution in [2.75, 3.05) is 25.1 Å². The molecule has 1 aliphatic rings. The molecule has 1 aromatic carbocycles. The average molecular weight is 285 g/mol. The number of ether oxygens (including phenoxy) is 1. The lowest BCUT2D eigenvalue weighted by Gasteiger charge is -2.32. The summed E-state index contributed by atoms with van der Waals surface area (Å²) in [5.41, 5.74) is 7.17. The highest BCUT2D eigenvalue weighted by molar-refractivity contribution is 9.10. The quantitative estimate of drug-likeness (QED) is 0.906. The van der Waals surface area contributed by atoms with Crippen molar-refractivity contribution < 1.29 is 4.74 Å². The van der Waals surface area contributed by atoms with E-state index in [0.717, 1.165) is 36.2 Å². The number of rotatable bonds is 2. The minimum absolute atomic E-state index is 0.290. The van der Waals surface area contributed by atoms with Gasteiger partial charge in [0.15, 0.2) is 0 Å². The van der Waals surface area contributed by atoms with Crippen molar-refractivity contribution in [2.45, 2.75) is 18.9 Å². The van der Waals surface area contributed by atoms with Crippen molar-refractivity contribution in [3.63, 3.8) is 0 Å². The molecule has 1 atom stereocenters. The molecule has 0 spiro atoms. The molecule has 1 saturated heterocycles. The number of methoxy groups -OCH3 is 1. The molecular weight excluding hydrogens is 268 g/mol. The Morgan fingerprint density at radius 3 is 2.94 bits per heavy atom. The highest BCUT2D eigenvalue weighted by atomic mass is 79.9. The maximum Gasteiger partial charge on any atom is 0.122 e. The van der Waals surface area contributed by atoms with Gasteiger partial charge in [-0.1, -0.05) is 15.9 Å². The molecule has 0 amide bonds. The zero-order valence-electron chi connectivity index (χ0n) is 9.45. The summed E-state index contributed by atoms with van der Waals surface area (Å²) in [6.45, 7) is 2.01. The zero-order chi connectivity index (χ0) is 11.5. The summed E-state index contributed by atoms with van der Waals surface area (Å²) >= 11 is 3.50. The summed E-state index contributed by atoms with van der Waals surface area (Å²) in [7, 11) is 1.69. The van der Waals surface area contributed by atoms with E-state index < -0.39 is 0 Å². The lowest BCUT2D eigenvalue weighted by Crippen LogP contribution is -2.42. The van der Waals surface area contributed by atoms with Crippen LogP contribution in [0.1, 0.15) is 12.8 Å². The van der Waals surface area contributed by atoms with Crippen LogP contribution in [0.2, 0.25) is 0 Å². The molecule has 1 aliphatic heterocycles. The predicted molar refractivity (Wildman–Crippen MR) is 70.1 cm³/mol. The second kappa shape index (κ2) is 5.06. The maximum absolute atomic E-state index is 5.99. The van der Waals surface area contributed by atoms with E-state index in [1.807, 2.05) is 6.07 Å². The van der Waals surface area contributed by atoms with E-state index in [1.165, 1.54) is 5.69 Å². The van der Waals surface area contributed by atoms with Crippen LogP contribution in [0, 0.1) is 0 Å². The molecule has 4 heteroatoms. The summed E-state index contributed by atoms with van der Waals surface area (Å²) in [6, 6.07) is 6.43. The zero-order valence-corrected chi connectivity index (χ0v) is 11.0. The number of hydrogen-bond acceptors (Lipinski definition) is 3. The third-order valence-corrected chi connectivity index (χ3v) is 3.37. The number of halogens is 1. The molecule has 2 N–H and O–H groups in total. The van der Waals surface area contributed by atoms with Gasteiger partial charge in [0.1, 0.15) is 5.75 Å². The summed E-state index contributed by atoms with van der Waals surface area (Å²) in [5.74, 6) is 0.878. The topological polar surface area (TPSA) is 38.5 Å². The Hall–Kier alpha value is -0.740. The third-order valence-electron chi connectivity index (χ3n) is 2.91. The van der Waals surface area contributed by atoms with E-state index >= 15 is 0 Å². The Balaban J connectivity index is 2.21. The molecule has 1 unspecified atom stereocenters. The Labute approximate surface area is 105 Å². The Bertz CT molecular complexity index is 370. The highest BCUT2D eigenvalue weighted by Gasteiger charge is 2.17. The van der Waals surface area contributed by atoms with Gasteiger partial charge in [0.25, 0.3) is 0 Å². The van der Waals surface area contributed by atoms with E-state index in [1.54, 1.807) is 7.11 Å². The number of benzene rings is 1. The van der Waals surface area contributed by atoms with Crippen LogP contribution < -0.4 is 15.4 Å². The predicted octanol–water partition coefficient (Wildman–Crippen LogP) is 2.39. The van der Waals surface area contributed by atoms with Crippen molar-refractivity contribution in [1.29, 1.82) is 0 Å². The first-order valence-corrected chi connectivity index (χ1v) is 6.33. The van der Waals surface area contributed by atoms with Gasteiger partial charge in [-0.05, 0) is 25.0 Å². The monoisotopic (exact) mass is 284 g/mol. The van der Waals surface area contributed by atoms with Crippen molar-refractivity contribution in [2.24, 2.45) is 5.73 Å². The van der Waals surface area contributed by atoms with Gasteiger partial charge in [-0.3, -0.25) is 0 Å². The Morgan fingerprint density at radius 2 is 2.25 bits per heavy atom. The number of nitrogens with two attached hydrogens (primary N) is 1. The van der Waals surface area contributed by atoms with Crippen LogP contribution in [-0.2, 0) is 0 Å². The van der Waals surface area contributed by atoms with Crippen LogP contribution in [0.3, 0.4) is 0 Å². The summed E-state index contributed by atoms with van der Waals surface area (Å²) in [4.78, 5) is 2.32. The van der Waals surface area contributed by atoms with E-state index in [0.29, 0.717) is 6.04 Å². The second-order valence-electron chi connectivity index (χ2n) is 4.20. The van der Waals surface area contributed by atoms with Crippen molar-refractivity contribution in [3.8, 4) is 5.75 Å². The molecule has 1 heterocycles. The van der Waals surface area contributed by atoms with Gasteiger partial charge in [-0.2, -0.15) is 0 Å². The van der Waals surface area contributed by atoms with Crippen LogP contribution in [0.15, 0.2) is 22.7 Å². The molecule has 0 saturated carbocycles. The van der Waals surface area contributed by atoms with Crippen LogP contribution in [0.4, 0.5) is 5.69 Å². The Kier molecular flexibility index (Phi) is 3.71. The van der Waals surface area contributed by atoms with Crippen LogP contribution >= 0.6 is 15.9 Å². The first kappa shape index (κ1) is 11.7. The first-order valence-electron chi connectivity index (χ1n) is 5.54. The lowest BCUT2D eigenvalue weighted by molar-refractivity contribution is 0.414. The standard InChI is InChI=1S/C12H17BrN2O/c1-16-12-6-9(13)5-11(7-12)15-4-2-3-10(14)8-15/h5-7,10H,2-4,8,14H2,1H3. The van der Waals surface area contributed by atoms with Crippen molar-refractivity contribution in [3.05, 3.63) is 22.7 Å². The van der Waals surface area contributed by atoms with Gasteiger partial charge < -0.3 is 15.4 Å². The lowest BCUT2D eigenvalue weighted by atomic mass is 10.1. The molecule has 1 fully saturated rings. The van der Waals surface area contributed by atoms with E-state index in [-0.39, 0.29) is 0 Å². The number of nitrogens with zero attached hydrogens (tertiary/aromatic N) is 1. The molecule has 3 nitrogen and oxygen atoms in total. The van der Waals surface area contributed by atoms with Gasteiger partial charge in [-0.15, -0.1) is 0 Å². The number of hydrogen-bond donors (Lipinski definition) is 1. The third kappa shape index (κ3) is 2.68. The summed E-state index contributed by atoms with van der Waals surface area (Å²) in [6.07, 6.45) is 2.29. The fraction of sp³-hybridized carbons (Fsp3) is 0.500. The van der Waals surface area contributed by atoms with Gasteiger partial charge in [-0.25, -0.2) is 0 Å². The molecule has 0 aliphatic carbocycles. The molecule has 0 aromatic heterocycles. The summed E-state index contributed by atoms with van der Waals surface area (Å²) < 4.78 is 6.31. The van der Waals surface area contributed by atoms with Gasteiger partial charge in [0.2, 0.25) is 0 Å². The van der Waals surface area contributed by atoms with Gasteiger partial charge >= 0.3 is 0 Å². The SMILES string of the molecule is COc1cc(Br)cc(N2CCCC(N)C2)c1. The number of anilines is 1. The molecule has 0 radical (unpaired) electrons. The van der Waals surface area contributed by atoms with Crippen LogP contribution in [0.25, 0.3) is 0 Å². The molecule has 2 rings (SSSR count). The highest BCUT2D eigenvalue weighted by Crippen LogP contribution is 2.28. The molecule has 1 aromatic rings. The smallest absolute Gasteiger partial charge is 0.122 e. The molecule has 88 valence electrons. The average Bonchev–Trinajstić information content (AvgIpc) is 2.28. The van der Waals surface area contributed by atoms with Crippen molar-refractivity contribution >= 4 is 21.6 Å². The van der Waals surface area contributed by atoms with Crippen LogP contribution in [0.5, 0.6) is 5.75 Å². The molecular formula is C12H17BrN2O. The van der Waals surface area contributed by atoms with Crippen LogP contribution in [-0.4, -0.2) is 26.2 Å². The molecule has 0 bridgehead atoms. The minimum atomic E-state index is 0.290. The largest absolute Gasteiger partial charge is 0.497 e. The van der Waals surface area contributed by atoms with E-state index in [9.17, 15) is 0 Å². The Morgan fingerprint density at radius 1 is 1.44 bits per heavy atom.